The summed E-state index contributed by atoms with van der Waals surface area (Å²) in [5, 5.41) is 0.278. The molecule has 2 saturated carbocycles. The van der Waals surface area contributed by atoms with Crippen LogP contribution in [0.4, 0.5) is 4.39 Å². The van der Waals surface area contributed by atoms with Crippen molar-refractivity contribution in [1.29, 1.82) is 0 Å². The second-order valence-electron chi connectivity index (χ2n) is 9.10. The van der Waals surface area contributed by atoms with E-state index in [4.69, 9.17) is 16.3 Å². The molecule has 3 fully saturated rings. The molecule has 2 aliphatic carbocycles. The van der Waals surface area contributed by atoms with Gasteiger partial charge in [0.05, 0.1) is 11.6 Å². The van der Waals surface area contributed by atoms with Gasteiger partial charge in [-0.2, -0.15) is 0 Å². The third-order valence-electron chi connectivity index (χ3n) is 7.31. The van der Waals surface area contributed by atoms with Crippen LogP contribution in [-0.2, 0) is 11.2 Å². The number of hydrogen-bond acceptors (Lipinski definition) is 1. The summed E-state index contributed by atoms with van der Waals surface area (Å²) in [7, 11) is 0. The normalized spacial score (nSPS) is 34.7. The number of aryl methyl sites for hydroxylation is 1. The number of rotatable bonds is 5. The second-order valence-corrected chi connectivity index (χ2v) is 9.48. The van der Waals surface area contributed by atoms with Crippen LogP contribution in [0.1, 0.15) is 81.9 Å². The van der Waals surface area contributed by atoms with Crippen LogP contribution in [0.2, 0.25) is 5.02 Å². The highest BCUT2D eigenvalue weighted by atomic mass is 35.5. The van der Waals surface area contributed by atoms with Crippen molar-refractivity contribution in [2.45, 2.75) is 77.2 Å². The van der Waals surface area contributed by atoms with E-state index in [1.807, 2.05) is 12.1 Å². The van der Waals surface area contributed by atoms with Crippen molar-refractivity contribution < 1.29 is 9.13 Å². The minimum absolute atomic E-state index is 0.0177. The molecule has 26 heavy (non-hydrogen) atoms. The maximum absolute atomic E-state index is 14.6. The number of halogens is 2. The molecule has 1 aromatic rings. The molecule has 1 unspecified atom stereocenters. The SMILES string of the molecule is CC1CCC(C2CCC(CCc3ccc(C4CO4)c(Cl)c3F)CC2)CC1. The third-order valence-corrected chi connectivity index (χ3v) is 7.70. The van der Waals surface area contributed by atoms with Gasteiger partial charge in [0.25, 0.3) is 0 Å². The molecule has 4 rings (SSSR count). The molecule has 0 radical (unpaired) electrons. The van der Waals surface area contributed by atoms with Crippen LogP contribution in [0.3, 0.4) is 0 Å². The summed E-state index contributed by atoms with van der Waals surface area (Å²) in [4.78, 5) is 0. The molecular weight excluding hydrogens is 347 g/mol. The molecule has 3 aliphatic rings. The Labute approximate surface area is 162 Å². The van der Waals surface area contributed by atoms with E-state index in [0.29, 0.717) is 6.61 Å². The summed E-state index contributed by atoms with van der Waals surface area (Å²) >= 11 is 6.22. The van der Waals surface area contributed by atoms with E-state index in [1.165, 1.54) is 51.4 Å². The van der Waals surface area contributed by atoms with E-state index in [1.54, 1.807) is 0 Å². The Hall–Kier alpha value is -0.600. The molecule has 3 heteroatoms. The predicted molar refractivity (Wildman–Crippen MR) is 105 cm³/mol. The monoisotopic (exact) mass is 378 g/mol. The highest BCUT2D eigenvalue weighted by Gasteiger charge is 2.31. The number of hydrogen-bond donors (Lipinski definition) is 0. The van der Waals surface area contributed by atoms with Crippen molar-refractivity contribution >= 4 is 11.6 Å². The Bertz CT molecular complexity index is 611. The molecule has 144 valence electrons. The van der Waals surface area contributed by atoms with Crippen LogP contribution in [-0.4, -0.2) is 6.61 Å². The molecule has 1 aromatic carbocycles. The van der Waals surface area contributed by atoms with Gasteiger partial charge < -0.3 is 4.74 Å². The molecule has 1 aliphatic heterocycles. The average molecular weight is 379 g/mol. The average Bonchev–Trinajstić information content (AvgIpc) is 3.49. The first-order valence-corrected chi connectivity index (χ1v) is 11.1. The van der Waals surface area contributed by atoms with Crippen molar-refractivity contribution in [3.8, 4) is 0 Å². The highest BCUT2D eigenvalue weighted by molar-refractivity contribution is 6.31. The number of epoxide rings is 1. The van der Waals surface area contributed by atoms with E-state index in [2.05, 4.69) is 6.92 Å². The second kappa shape index (κ2) is 8.19. The van der Waals surface area contributed by atoms with Gasteiger partial charge in [-0.05, 0) is 67.8 Å². The number of benzene rings is 1. The molecule has 1 nitrogen and oxygen atoms in total. The van der Waals surface area contributed by atoms with Gasteiger partial charge in [0.1, 0.15) is 11.9 Å². The maximum Gasteiger partial charge on any atom is 0.145 e. The fourth-order valence-electron chi connectivity index (χ4n) is 5.34. The lowest BCUT2D eigenvalue weighted by Crippen LogP contribution is -2.25. The minimum atomic E-state index is -0.218. The van der Waals surface area contributed by atoms with Crippen molar-refractivity contribution in [1.82, 2.24) is 0 Å². The molecule has 0 spiro atoms. The van der Waals surface area contributed by atoms with Crippen molar-refractivity contribution in [3.63, 3.8) is 0 Å². The summed E-state index contributed by atoms with van der Waals surface area (Å²) in [6.07, 6.45) is 13.2. The Morgan fingerprint density at radius 3 is 2.23 bits per heavy atom. The van der Waals surface area contributed by atoms with Gasteiger partial charge in [-0.3, -0.25) is 0 Å². The largest absolute Gasteiger partial charge is 0.368 e. The van der Waals surface area contributed by atoms with Gasteiger partial charge >= 0.3 is 0 Å². The zero-order valence-corrected chi connectivity index (χ0v) is 16.7. The molecule has 1 heterocycles. The lowest BCUT2D eigenvalue weighted by atomic mass is 9.69. The van der Waals surface area contributed by atoms with Crippen molar-refractivity contribution in [2.24, 2.45) is 23.7 Å². The molecule has 0 aromatic heterocycles. The van der Waals surface area contributed by atoms with Crippen molar-refractivity contribution in [3.05, 3.63) is 34.1 Å². The Morgan fingerprint density at radius 1 is 1.00 bits per heavy atom. The smallest absolute Gasteiger partial charge is 0.145 e. The standard InChI is InChI=1S/C23H32ClFO/c1-15-2-7-17(8-3-15)18-9-4-16(5-10-18)6-11-19-12-13-20(21-14-26-21)22(24)23(19)25/h12-13,15-18,21H,2-11,14H2,1H3. The van der Waals surface area contributed by atoms with E-state index in [0.717, 1.165) is 47.6 Å². The zero-order chi connectivity index (χ0) is 18.1. The van der Waals surface area contributed by atoms with Gasteiger partial charge in [-0.25, -0.2) is 4.39 Å². The maximum atomic E-state index is 14.6. The molecular formula is C23H32ClFO. The molecule has 0 bridgehead atoms. The van der Waals surface area contributed by atoms with Crippen LogP contribution in [0, 0.1) is 29.5 Å². The fourth-order valence-corrected chi connectivity index (χ4v) is 5.65. The summed E-state index contributed by atoms with van der Waals surface area (Å²) in [5.74, 6) is 3.44. The summed E-state index contributed by atoms with van der Waals surface area (Å²) in [6.45, 7) is 3.07. The number of ether oxygens (including phenoxy) is 1. The van der Waals surface area contributed by atoms with Crippen LogP contribution in [0.5, 0.6) is 0 Å². The van der Waals surface area contributed by atoms with Gasteiger partial charge in [0, 0.05) is 5.56 Å². The predicted octanol–water partition coefficient (Wildman–Crippen LogP) is 7.12. The van der Waals surface area contributed by atoms with Crippen LogP contribution in [0.25, 0.3) is 0 Å². The molecule has 1 saturated heterocycles. The van der Waals surface area contributed by atoms with Gasteiger partial charge in [-0.15, -0.1) is 0 Å². The molecule has 0 amide bonds. The Balaban J connectivity index is 1.25. The minimum Gasteiger partial charge on any atom is -0.368 e. The van der Waals surface area contributed by atoms with Gasteiger partial charge in [-0.1, -0.05) is 56.3 Å². The highest BCUT2D eigenvalue weighted by Crippen LogP contribution is 2.42. The summed E-state index contributed by atoms with van der Waals surface area (Å²) in [5.41, 5.74) is 1.60. The molecule has 0 N–H and O–H groups in total. The first kappa shape index (κ1) is 18.7. The van der Waals surface area contributed by atoms with E-state index >= 15 is 0 Å². The lowest BCUT2D eigenvalue weighted by molar-refractivity contribution is 0.147. The third kappa shape index (κ3) is 4.28. The lowest BCUT2D eigenvalue weighted by Gasteiger charge is -2.37. The fraction of sp³-hybridized carbons (Fsp3) is 0.739. The summed E-state index contributed by atoms with van der Waals surface area (Å²) < 4.78 is 19.8. The van der Waals surface area contributed by atoms with Gasteiger partial charge in [0.15, 0.2) is 0 Å². The first-order valence-electron chi connectivity index (χ1n) is 10.7. The first-order chi connectivity index (χ1) is 12.6. The van der Waals surface area contributed by atoms with E-state index in [-0.39, 0.29) is 16.9 Å². The van der Waals surface area contributed by atoms with Crippen LogP contribution >= 0.6 is 11.6 Å². The van der Waals surface area contributed by atoms with Gasteiger partial charge in [0.2, 0.25) is 0 Å². The molecule has 1 atom stereocenters. The zero-order valence-electron chi connectivity index (χ0n) is 16.0. The Kier molecular flexibility index (Phi) is 5.90. The van der Waals surface area contributed by atoms with Crippen LogP contribution < -0.4 is 0 Å². The van der Waals surface area contributed by atoms with E-state index in [9.17, 15) is 4.39 Å². The topological polar surface area (TPSA) is 12.5 Å². The summed E-state index contributed by atoms with van der Waals surface area (Å²) in [6, 6.07) is 3.88. The van der Waals surface area contributed by atoms with E-state index < -0.39 is 0 Å². The van der Waals surface area contributed by atoms with Crippen molar-refractivity contribution in [2.75, 3.05) is 6.61 Å². The quantitative estimate of drug-likeness (QED) is 0.497. The Morgan fingerprint density at radius 2 is 1.62 bits per heavy atom. The van der Waals surface area contributed by atoms with Crippen LogP contribution in [0.15, 0.2) is 12.1 Å².